The van der Waals surface area contributed by atoms with Crippen LogP contribution in [0.4, 0.5) is 8.78 Å². The first kappa shape index (κ1) is 18.2. The molecule has 3 rings (SSSR count). The smallest absolute Gasteiger partial charge is 0.350 e. The van der Waals surface area contributed by atoms with Gasteiger partial charge in [-0.1, -0.05) is 30.3 Å². The van der Waals surface area contributed by atoms with E-state index >= 15 is 0 Å². The molecule has 6 heteroatoms. The summed E-state index contributed by atoms with van der Waals surface area (Å²) in [6.07, 6.45) is 0.454. The molecule has 0 amide bonds. The van der Waals surface area contributed by atoms with Gasteiger partial charge in [-0.25, -0.2) is 18.6 Å². The SMILES string of the molecule is CCOC(=O)c1sc(C)nc1Cc1cccc(-c2ccc(F)c(F)c2)c1. The molecule has 0 unspecified atom stereocenters. The van der Waals surface area contributed by atoms with Gasteiger partial charge in [-0.05, 0) is 42.7 Å². The second-order valence-corrected chi connectivity index (χ2v) is 6.94. The lowest BCUT2D eigenvalue weighted by atomic mass is 10.0. The largest absolute Gasteiger partial charge is 0.462 e. The predicted molar refractivity (Wildman–Crippen MR) is 97.4 cm³/mol. The number of halogens is 2. The van der Waals surface area contributed by atoms with E-state index in [0.29, 0.717) is 29.2 Å². The van der Waals surface area contributed by atoms with Crippen LogP contribution in [0, 0.1) is 18.6 Å². The van der Waals surface area contributed by atoms with Crippen molar-refractivity contribution < 1.29 is 18.3 Å². The maximum Gasteiger partial charge on any atom is 0.350 e. The minimum absolute atomic E-state index is 0.306. The van der Waals surface area contributed by atoms with Gasteiger partial charge in [-0.2, -0.15) is 0 Å². The molecule has 0 radical (unpaired) electrons. The summed E-state index contributed by atoms with van der Waals surface area (Å²) in [5, 5.41) is 0.791. The van der Waals surface area contributed by atoms with E-state index in [1.807, 2.05) is 31.2 Å². The first-order chi connectivity index (χ1) is 12.5. The van der Waals surface area contributed by atoms with E-state index in [2.05, 4.69) is 4.98 Å². The van der Waals surface area contributed by atoms with Gasteiger partial charge >= 0.3 is 5.97 Å². The molecule has 0 atom stereocenters. The summed E-state index contributed by atoms with van der Waals surface area (Å²) in [5.74, 6) is -2.13. The highest BCUT2D eigenvalue weighted by molar-refractivity contribution is 7.13. The maximum absolute atomic E-state index is 13.5. The monoisotopic (exact) mass is 373 g/mol. The number of carbonyl (C=O) groups excluding carboxylic acids is 1. The molecule has 0 saturated carbocycles. The predicted octanol–water partition coefficient (Wildman–Crippen LogP) is 5.16. The van der Waals surface area contributed by atoms with Crippen molar-refractivity contribution >= 4 is 17.3 Å². The van der Waals surface area contributed by atoms with Crippen LogP contribution in [0.5, 0.6) is 0 Å². The van der Waals surface area contributed by atoms with Crippen molar-refractivity contribution in [2.45, 2.75) is 20.3 Å². The zero-order chi connectivity index (χ0) is 18.7. The van der Waals surface area contributed by atoms with E-state index in [9.17, 15) is 13.6 Å². The molecule has 0 aliphatic heterocycles. The molecular formula is C20H17F2NO2S. The number of rotatable bonds is 5. The Morgan fingerprint density at radius 3 is 2.62 bits per heavy atom. The van der Waals surface area contributed by atoms with Crippen LogP contribution in [0.25, 0.3) is 11.1 Å². The van der Waals surface area contributed by atoms with E-state index in [1.165, 1.54) is 23.5 Å². The number of nitrogens with zero attached hydrogens (tertiary/aromatic N) is 1. The van der Waals surface area contributed by atoms with Crippen LogP contribution >= 0.6 is 11.3 Å². The number of thiazole rings is 1. The van der Waals surface area contributed by atoms with Crippen molar-refractivity contribution in [3.8, 4) is 11.1 Å². The standard InChI is InChI=1S/C20H17F2NO2S/c1-3-25-20(24)19-18(23-12(2)26-19)10-13-5-4-6-14(9-13)15-7-8-16(21)17(22)11-15/h4-9,11H,3,10H2,1-2H3. The van der Waals surface area contributed by atoms with Crippen LogP contribution in [-0.2, 0) is 11.2 Å². The molecule has 0 spiro atoms. The topological polar surface area (TPSA) is 39.2 Å². The van der Waals surface area contributed by atoms with E-state index in [1.54, 1.807) is 6.92 Å². The molecule has 26 heavy (non-hydrogen) atoms. The molecule has 3 aromatic rings. The minimum Gasteiger partial charge on any atom is -0.462 e. The van der Waals surface area contributed by atoms with Crippen LogP contribution < -0.4 is 0 Å². The second kappa shape index (κ2) is 7.74. The van der Waals surface area contributed by atoms with Crippen molar-refractivity contribution in [3.63, 3.8) is 0 Å². The number of benzene rings is 2. The van der Waals surface area contributed by atoms with Gasteiger partial charge in [-0.15, -0.1) is 11.3 Å². The van der Waals surface area contributed by atoms with Crippen LogP contribution in [0.15, 0.2) is 42.5 Å². The average molecular weight is 373 g/mol. The van der Waals surface area contributed by atoms with Gasteiger partial charge in [0.25, 0.3) is 0 Å². The second-order valence-electron chi connectivity index (χ2n) is 5.74. The fourth-order valence-corrected chi connectivity index (χ4v) is 3.51. The Morgan fingerprint density at radius 2 is 1.88 bits per heavy atom. The summed E-state index contributed by atoms with van der Waals surface area (Å²) in [6, 6.07) is 11.3. The van der Waals surface area contributed by atoms with Gasteiger partial charge in [0.1, 0.15) is 4.88 Å². The molecular weight excluding hydrogens is 356 g/mol. The molecule has 0 bridgehead atoms. The van der Waals surface area contributed by atoms with Crippen molar-refractivity contribution in [3.05, 3.63) is 75.2 Å². The fraction of sp³-hybridized carbons (Fsp3) is 0.200. The Morgan fingerprint density at radius 1 is 1.12 bits per heavy atom. The number of aryl methyl sites for hydroxylation is 1. The molecule has 0 saturated heterocycles. The van der Waals surface area contributed by atoms with E-state index in [4.69, 9.17) is 4.74 Å². The molecule has 134 valence electrons. The highest BCUT2D eigenvalue weighted by atomic mass is 32.1. The lowest BCUT2D eigenvalue weighted by Crippen LogP contribution is -2.06. The zero-order valence-corrected chi connectivity index (χ0v) is 15.2. The van der Waals surface area contributed by atoms with Gasteiger partial charge in [-0.3, -0.25) is 0 Å². The summed E-state index contributed by atoms with van der Waals surface area (Å²) in [4.78, 5) is 17.0. The van der Waals surface area contributed by atoms with Gasteiger partial charge < -0.3 is 4.74 Å². The molecule has 0 aliphatic carbocycles. The van der Waals surface area contributed by atoms with Crippen LogP contribution in [-0.4, -0.2) is 17.6 Å². The Labute approximate surface area is 154 Å². The lowest BCUT2D eigenvalue weighted by Gasteiger charge is -2.07. The summed E-state index contributed by atoms with van der Waals surface area (Å²) in [7, 11) is 0. The Kier molecular flexibility index (Phi) is 5.42. The van der Waals surface area contributed by atoms with E-state index < -0.39 is 11.6 Å². The normalized spacial score (nSPS) is 10.8. The molecule has 1 aromatic heterocycles. The van der Waals surface area contributed by atoms with Gasteiger partial charge in [0.2, 0.25) is 0 Å². The molecule has 0 aliphatic rings. The number of carbonyl (C=O) groups is 1. The fourth-order valence-electron chi connectivity index (χ4n) is 2.68. The number of hydrogen-bond donors (Lipinski definition) is 0. The van der Waals surface area contributed by atoms with Crippen LogP contribution in [0.1, 0.15) is 32.9 Å². The van der Waals surface area contributed by atoms with Gasteiger partial charge in [0, 0.05) is 6.42 Å². The minimum atomic E-state index is -0.882. The van der Waals surface area contributed by atoms with E-state index in [-0.39, 0.29) is 5.97 Å². The lowest BCUT2D eigenvalue weighted by molar-refractivity contribution is 0.0530. The third kappa shape index (κ3) is 3.96. The molecule has 1 heterocycles. The molecule has 2 aromatic carbocycles. The molecule has 0 fully saturated rings. The zero-order valence-electron chi connectivity index (χ0n) is 14.4. The van der Waals surface area contributed by atoms with Crippen molar-refractivity contribution in [2.24, 2.45) is 0 Å². The Bertz CT molecular complexity index is 953. The average Bonchev–Trinajstić information content (AvgIpc) is 2.98. The third-order valence-corrected chi connectivity index (χ3v) is 4.81. The van der Waals surface area contributed by atoms with Crippen molar-refractivity contribution in [2.75, 3.05) is 6.61 Å². The quantitative estimate of drug-likeness (QED) is 0.580. The number of hydrogen-bond acceptors (Lipinski definition) is 4. The summed E-state index contributed by atoms with van der Waals surface area (Å²) in [6.45, 7) is 3.91. The maximum atomic E-state index is 13.5. The van der Waals surface area contributed by atoms with E-state index in [0.717, 1.165) is 22.2 Å². The highest BCUT2D eigenvalue weighted by Crippen LogP contribution is 2.26. The van der Waals surface area contributed by atoms with Gasteiger partial charge in [0.15, 0.2) is 11.6 Å². The summed E-state index contributed by atoms with van der Waals surface area (Å²) < 4.78 is 31.7. The van der Waals surface area contributed by atoms with Crippen molar-refractivity contribution in [1.29, 1.82) is 0 Å². The first-order valence-corrected chi connectivity index (χ1v) is 8.97. The van der Waals surface area contributed by atoms with Crippen LogP contribution in [0.2, 0.25) is 0 Å². The third-order valence-electron chi connectivity index (χ3n) is 3.82. The molecule has 3 nitrogen and oxygen atoms in total. The number of ether oxygens (including phenoxy) is 1. The number of esters is 1. The Hall–Kier alpha value is -2.60. The first-order valence-electron chi connectivity index (χ1n) is 8.15. The Balaban J connectivity index is 1.90. The summed E-state index contributed by atoms with van der Waals surface area (Å²) in [5.41, 5.74) is 2.94. The molecule has 0 N–H and O–H groups in total. The van der Waals surface area contributed by atoms with Crippen molar-refractivity contribution in [1.82, 2.24) is 4.98 Å². The summed E-state index contributed by atoms with van der Waals surface area (Å²) >= 11 is 1.31. The van der Waals surface area contributed by atoms with Crippen LogP contribution in [0.3, 0.4) is 0 Å². The highest BCUT2D eigenvalue weighted by Gasteiger charge is 2.18. The number of aromatic nitrogens is 1. The van der Waals surface area contributed by atoms with Gasteiger partial charge in [0.05, 0.1) is 17.3 Å².